The maximum Gasteiger partial charge on any atom is 0.145 e. The Morgan fingerprint density at radius 1 is 1.29 bits per heavy atom. The van der Waals surface area contributed by atoms with Crippen LogP contribution in [0.3, 0.4) is 0 Å². The van der Waals surface area contributed by atoms with Gasteiger partial charge in [-0.2, -0.15) is 0 Å². The number of hydrogen-bond acceptors (Lipinski definition) is 6. The van der Waals surface area contributed by atoms with Gasteiger partial charge in [-0.3, -0.25) is 4.98 Å². The summed E-state index contributed by atoms with van der Waals surface area (Å²) in [6, 6.07) is 7.61. The van der Waals surface area contributed by atoms with Crippen molar-refractivity contribution in [1.82, 2.24) is 15.0 Å². The molecule has 0 aliphatic heterocycles. The Kier molecular flexibility index (Phi) is 3.46. The lowest BCUT2D eigenvalue weighted by atomic mass is 10.3. The minimum Gasteiger partial charge on any atom is -0.354 e. The maximum absolute atomic E-state index is 5.30. The first-order valence-corrected chi connectivity index (χ1v) is 5.19. The molecule has 0 aliphatic rings. The van der Waals surface area contributed by atoms with Crippen LogP contribution in [0.15, 0.2) is 36.8 Å². The second kappa shape index (κ2) is 5.22. The molecule has 88 valence electrons. The fourth-order valence-electron chi connectivity index (χ4n) is 1.45. The highest BCUT2D eigenvalue weighted by Crippen LogP contribution is 2.13. The molecule has 0 amide bonds. The Labute approximate surface area is 99.5 Å². The number of anilines is 2. The summed E-state index contributed by atoms with van der Waals surface area (Å²) in [6.45, 7) is 0.682. The van der Waals surface area contributed by atoms with Crippen LogP contribution in [0.25, 0.3) is 0 Å². The maximum atomic E-state index is 5.30. The first kappa shape index (κ1) is 11.3. The quantitative estimate of drug-likeness (QED) is 0.597. The van der Waals surface area contributed by atoms with Gasteiger partial charge in [-0.05, 0) is 12.1 Å². The first-order valence-electron chi connectivity index (χ1n) is 5.19. The predicted molar refractivity (Wildman–Crippen MR) is 66.2 cm³/mol. The van der Waals surface area contributed by atoms with Crippen molar-refractivity contribution >= 4 is 11.6 Å². The normalized spacial score (nSPS) is 10.0. The largest absolute Gasteiger partial charge is 0.354 e. The van der Waals surface area contributed by atoms with E-state index in [1.165, 1.54) is 6.33 Å². The molecular weight excluding hydrogens is 216 g/mol. The van der Waals surface area contributed by atoms with E-state index < -0.39 is 0 Å². The van der Waals surface area contributed by atoms with Gasteiger partial charge in [0.05, 0.1) is 12.2 Å². The van der Waals surface area contributed by atoms with Gasteiger partial charge in [0.1, 0.15) is 18.0 Å². The van der Waals surface area contributed by atoms with Gasteiger partial charge in [-0.1, -0.05) is 6.07 Å². The van der Waals surface area contributed by atoms with Crippen molar-refractivity contribution < 1.29 is 0 Å². The van der Waals surface area contributed by atoms with Crippen molar-refractivity contribution in [3.63, 3.8) is 0 Å². The highest BCUT2D eigenvalue weighted by molar-refractivity contribution is 5.47. The van der Waals surface area contributed by atoms with Crippen LogP contribution in [0.4, 0.5) is 11.6 Å². The summed E-state index contributed by atoms with van der Waals surface area (Å²) >= 11 is 0. The van der Waals surface area contributed by atoms with Crippen LogP contribution in [-0.4, -0.2) is 22.0 Å². The SMILES string of the molecule is CN(Cc1ccccn1)c1cc(NN)ncn1. The highest BCUT2D eigenvalue weighted by Gasteiger charge is 2.05. The number of nitrogens with zero attached hydrogens (tertiary/aromatic N) is 4. The first-order chi connectivity index (χ1) is 8.29. The molecule has 6 heteroatoms. The third-order valence-corrected chi connectivity index (χ3v) is 2.32. The Morgan fingerprint density at radius 3 is 2.88 bits per heavy atom. The number of hydrazine groups is 1. The molecule has 0 saturated heterocycles. The van der Waals surface area contributed by atoms with E-state index >= 15 is 0 Å². The van der Waals surface area contributed by atoms with Gasteiger partial charge in [-0.15, -0.1) is 0 Å². The van der Waals surface area contributed by atoms with Gasteiger partial charge in [0, 0.05) is 19.3 Å². The number of nitrogen functional groups attached to an aromatic ring is 1. The van der Waals surface area contributed by atoms with Gasteiger partial charge < -0.3 is 10.3 Å². The fraction of sp³-hybridized carbons (Fsp3) is 0.182. The van der Waals surface area contributed by atoms with Gasteiger partial charge >= 0.3 is 0 Å². The molecule has 0 radical (unpaired) electrons. The second-order valence-electron chi connectivity index (χ2n) is 3.58. The van der Waals surface area contributed by atoms with Gasteiger partial charge in [0.2, 0.25) is 0 Å². The van der Waals surface area contributed by atoms with Crippen LogP contribution in [0.2, 0.25) is 0 Å². The number of pyridine rings is 1. The topological polar surface area (TPSA) is 80.0 Å². The van der Waals surface area contributed by atoms with Crippen LogP contribution < -0.4 is 16.2 Å². The van der Waals surface area contributed by atoms with Crippen molar-refractivity contribution in [3.05, 3.63) is 42.5 Å². The smallest absolute Gasteiger partial charge is 0.145 e. The van der Waals surface area contributed by atoms with Crippen molar-refractivity contribution in [2.24, 2.45) is 5.84 Å². The molecule has 0 bridgehead atoms. The molecule has 0 atom stereocenters. The van der Waals surface area contributed by atoms with Crippen molar-refractivity contribution in [2.45, 2.75) is 6.54 Å². The zero-order valence-corrected chi connectivity index (χ0v) is 9.54. The summed E-state index contributed by atoms with van der Waals surface area (Å²) in [5, 5.41) is 0. The molecule has 0 aromatic carbocycles. The summed E-state index contributed by atoms with van der Waals surface area (Å²) < 4.78 is 0. The van der Waals surface area contributed by atoms with Crippen molar-refractivity contribution in [1.29, 1.82) is 0 Å². The molecule has 0 aliphatic carbocycles. The number of hydrogen-bond donors (Lipinski definition) is 2. The Balaban J connectivity index is 2.11. The Hall–Kier alpha value is -2.21. The second-order valence-corrected chi connectivity index (χ2v) is 3.58. The van der Waals surface area contributed by atoms with E-state index in [1.54, 1.807) is 12.3 Å². The summed E-state index contributed by atoms with van der Waals surface area (Å²) in [6.07, 6.45) is 3.25. The summed E-state index contributed by atoms with van der Waals surface area (Å²) in [5.41, 5.74) is 3.47. The lowest BCUT2D eigenvalue weighted by Crippen LogP contribution is -2.19. The monoisotopic (exact) mass is 230 g/mol. The number of aromatic nitrogens is 3. The number of rotatable bonds is 4. The number of nitrogens with one attached hydrogen (secondary N) is 1. The van der Waals surface area contributed by atoms with E-state index in [1.807, 2.05) is 30.1 Å². The molecule has 2 aromatic rings. The molecule has 0 spiro atoms. The van der Waals surface area contributed by atoms with E-state index in [9.17, 15) is 0 Å². The molecule has 0 fully saturated rings. The predicted octanol–water partition coefficient (Wildman–Crippen LogP) is 0.794. The summed E-state index contributed by atoms with van der Waals surface area (Å²) in [4.78, 5) is 14.4. The average molecular weight is 230 g/mol. The zero-order valence-electron chi connectivity index (χ0n) is 9.54. The van der Waals surface area contributed by atoms with Crippen LogP contribution >= 0.6 is 0 Å². The van der Waals surface area contributed by atoms with Crippen LogP contribution in [0.5, 0.6) is 0 Å². The zero-order chi connectivity index (χ0) is 12.1. The summed E-state index contributed by atoms with van der Waals surface area (Å²) in [7, 11) is 1.94. The third-order valence-electron chi connectivity index (χ3n) is 2.32. The molecule has 2 aromatic heterocycles. The molecule has 3 N–H and O–H groups in total. The van der Waals surface area contributed by atoms with E-state index in [0.717, 1.165) is 11.5 Å². The van der Waals surface area contributed by atoms with Crippen LogP contribution in [0.1, 0.15) is 5.69 Å². The summed E-state index contributed by atoms with van der Waals surface area (Å²) in [5.74, 6) is 6.68. The Bertz CT molecular complexity index is 472. The average Bonchev–Trinajstić information content (AvgIpc) is 2.40. The minimum absolute atomic E-state index is 0.586. The third kappa shape index (κ3) is 2.88. The molecule has 6 nitrogen and oxygen atoms in total. The van der Waals surface area contributed by atoms with Crippen molar-refractivity contribution in [2.75, 3.05) is 17.4 Å². The van der Waals surface area contributed by atoms with Gasteiger partial charge in [0.25, 0.3) is 0 Å². The lowest BCUT2D eigenvalue weighted by molar-refractivity contribution is 0.861. The minimum atomic E-state index is 0.586. The van der Waals surface area contributed by atoms with E-state index in [-0.39, 0.29) is 0 Å². The van der Waals surface area contributed by atoms with Crippen LogP contribution in [-0.2, 0) is 6.54 Å². The van der Waals surface area contributed by atoms with Gasteiger partial charge in [-0.25, -0.2) is 15.8 Å². The van der Waals surface area contributed by atoms with E-state index in [0.29, 0.717) is 12.4 Å². The van der Waals surface area contributed by atoms with Gasteiger partial charge in [0.15, 0.2) is 0 Å². The Morgan fingerprint density at radius 2 is 2.18 bits per heavy atom. The highest BCUT2D eigenvalue weighted by atomic mass is 15.3. The molecule has 17 heavy (non-hydrogen) atoms. The molecule has 2 heterocycles. The standard InChI is InChI=1S/C11H14N6/c1-17(7-9-4-2-3-5-13-9)11-6-10(16-12)14-8-15-11/h2-6,8H,7,12H2,1H3,(H,14,15,16). The van der Waals surface area contributed by atoms with E-state index in [4.69, 9.17) is 5.84 Å². The molecule has 0 unspecified atom stereocenters. The molecule has 2 rings (SSSR count). The van der Waals surface area contributed by atoms with Crippen LogP contribution in [0, 0.1) is 0 Å². The van der Waals surface area contributed by atoms with E-state index in [2.05, 4.69) is 20.4 Å². The number of nitrogens with two attached hydrogens (primary N) is 1. The lowest BCUT2D eigenvalue weighted by Gasteiger charge is -2.17. The molecule has 0 saturated carbocycles. The molecular formula is C11H14N6. The fourth-order valence-corrected chi connectivity index (χ4v) is 1.45. The van der Waals surface area contributed by atoms with Crippen molar-refractivity contribution in [3.8, 4) is 0 Å².